The summed E-state index contributed by atoms with van der Waals surface area (Å²) in [5.41, 5.74) is 0.260. The van der Waals surface area contributed by atoms with Crippen LogP contribution < -0.4 is 10.1 Å². The van der Waals surface area contributed by atoms with Gasteiger partial charge in [0, 0.05) is 23.4 Å². The number of nitrogens with one attached hydrogen (secondary N) is 1. The summed E-state index contributed by atoms with van der Waals surface area (Å²) in [6.07, 6.45) is 0. The molecule has 0 fully saturated rings. The predicted octanol–water partition coefficient (Wildman–Crippen LogP) is 3.12. The van der Waals surface area contributed by atoms with Crippen molar-refractivity contribution in [2.24, 2.45) is 0 Å². The van der Waals surface area contributed by atoms with Gasteiger partial charge in [-0.05, 0) is 24.3 Å². The first kappa shape index (κ1) is 14.5. The number of carbonyl (C=O) groups is 1. The number of halogens is 2. The van der Waals surface area contributed by atoms with Crippen molar-refractivity contribution in [1.82, 2.24) is 0 Å². The molecule has 0 saturated heterocycles. The summed E-state index contributed by atoms with van der Waals surface area (Å²) >= 11 is 0. The van der Waals surface area contributed by atoms with Crippen molar-refractivity contribution in [3.05, 3.63) is 59.7 Å². The van der Waals surface area contributed by atoms with E-state index in [1.165, 1.54) is 6.07 Å². The average Bonchev–Trinajstić information content (AvgIpc) is 2.44. The van der Waals surface area contributed by atoms with Gasteiger partial charge in [0.2, 0.25) is 0 Å². The Morgan fingerprint density at radius 3 is 2.57 bits per heavy atom. The second-order valence-electron chi connectivity index (χ2n) is 4.09. The van der Waals surface area contributed by atoms with Gasteiger partial charge < -0.3 is 10.1 Å². The van der Waals surface area contributed by atoms with Crippen molar-refractivity contribution >= 4 is 11.6 Å². The second-order valence-corrected chi connectivity index (χ2v) is 4.09. The molecule has 2 aromatic rings. The van der Waals surface area contributed by atoms with Crippen LogP contribution >= 0.6 is 0 Å². The normalized spacial score (nSPS) is 9.76. The summed E-state index contributed by atoms with van der Waals surface area (Å²) in [6, 6.07) is 10.7. The monoisotopic (exact) mass is 288 g/mol. The van der Waals surface area contributed by atoms with Crippen LogP contribution in [0.4, 0.5) is 14.5 Å². The molecule has 1 N–H and O–H groups in total. The van der Waals surface area contributed by atoms with Crippen LogP contribution in [-0.2, 0) is 0 Å². The number of hydrogen-bond donors (Lipinski definition) is 1. The maximum Gasteiger partial charge on any atom is 0.255 e. The smallest absolute Gasteiger partial charge is 0.255 e. The molecule has 106 valence electrons. The minimum absolute atomic E-state index is 0.119. The lowest BCUT2D eigenvalue weighted by molar-refractivity contribution is 0.102. The van der Waals surface area contributed by atoms with Gasteiger partial charge in [0.25, 0.3) is 5.91 Å². The van der Waals surface area contributed by atoms with Crippen LogP contribution in [0, 0.1) is 23.0 Å². The van der Waals surface area contributed by atoms with Crippen LogP contribution in [0.25, 0.3) is 0 Å². The molecule has 2 aromatic carbocycles. The first-order valence-corrected chi connectivity index (χ1v) is 5.96. The Bertz CT molecular complexity index is 691. The first-order chi connectivity index (χ1) is 10.1. The zero-order valence-electron chi connectivity index (χ0n) is 10.8. The second kappa shape index (κ2) is 6.48. The van der Waals surface area contributed by atoms with Gasteiger partial charge in [-0.2, -0.15) is 5.26 Å². The van der Waals surface area contributed by atoms with Gasteiger partial charge in [0.1, 0.15) is 23.5 Å². The lowest BCUT2D eigenvalue weighted by atomic mass is 10.2. The molecule has 0 spiro atoms. The number of carbonyl (C=O) groups excluding carboxylic acids is 1. The van der Waals surface area contributed by atoms with Gasteiger partial charge in [0.15, 0.2) is 6.61 Å². The molecule has 2 rings (SSSR count). The Morgan fingerprint density at radius 2 is 1.90 bits per heavy atom. The highest BCUT2D eigenvalue weighted by atomic mass is 19.1. The lowest BCUT2D eigenvalue weighted by Gasteiger charge is -2.07. The van der Waals surface area contributed by atoms with Crippen LogP contribution in [0.1, 0.15) is 10.4 Å². The van der Waals surface area contributed by atoms with E-state index < -0.39 is 17.5 Å². The highest BCUT2D eigenvalue weighted by Gasteiger charge is 2.10. The maximum absolute atomic E-state index is 13.1. The van der Waals surface area contributed by atoms with E-state index in [2.05, 4.69) is 5.32 Å². The lowest BCUT2D eigenvalue weighted by Crippen LogP contribution is -2.12. The van der Waals surface area contributed by atoms with Crippen molar-refractivity contribution < 1.29 is 18.3 Å². The van der Waals surface area contributed by atoms with Crippen LogP contribution in [0.3, 0.4) is 0 Å². The Morgan fingerprint density at radius 1 is 1.19 bits per heavy atom. The molecular weight excluding hydrogens is 278 g/mol. The number of rotatable bonds is 4. The van der Waals surface area contributed by atoms with Crippen molar-refractivity contribution in [1.29, 1.82) is 5.26 Å². The van der Waals surface area contributed by atoms with Crippen LogP contribution in [-0.4, -0.2) is 12.5 Å². The van der Waals surface area contributed by atoms with E-state index in [0.717, 1.165) is 12.1 Å². The number of benzene rings is 2. The third kappa shape index (κ3) is 4.01. The van der Waals surface area contributed by atoms with Crippen LogP contribution in [0.2, 0.25) is 0 Å². The average molecular weight is 288 g/mol. The molecule has 0 unspecified atom stereocenters. The van der Waals surface area contributed by atoms with Crippen molar-refractivity contribution in [2.45, 2.75) is 0 Å². The molecule has 0 heterocycles. The van der Waals surface area contributed by atoms with Crippen LogP contribution in [0.5, 0.6) is 5.75 Å². The van der Waals surface area contributed by atoms with Gasteiger partial charge in [-0.15, -0.1) is 0 Å². The van der Waals surface area contributed by atoms with Crippen molar-refractivity contribution in [3.63, 3.8) is 0 Å². The quantitative estimate of drug-likeness (QED) is 0.940. The van der Waals surface area contributed by atoms with E-state index in [4.69, 9.17) is 10.00 Å². The summed E-state index contributed by atoms with van der Waals surface area (Å²) in [6.45, 7) is -0.119. The highest BCUT2D eigenvalue weighted by Crippen LogP contribution is 2.18. The summed E-state index contributed by atoms with van der Waals surface area (Å²) < 4.78 is 31.2. The number of anilines is 1. The van der Waals surface area contributed by atoms with Crippen LogP contribution in [0.15, 0.2) is 42.5 Å². The van der Waals surface area contributed by atoms with E-state index in [1.807, 2.05) is 6.07 Å². The van der Waals surface area contributed by atoms with Gasteiger partial charge in [0.05, 0.1) is 0 Å². The minimum Gasteiger partial charge on any atom is -0.479 e. The fraction of sp³-hybridized carbons (Fsp3) is 0.0667. The highest BCUT2D eigenvalue weighted by molar-refractivity contribution is 6.04. The Kier molecular flexibility index (Phi) is 4.46. The Labute approximate surface area is 119 Å². The fourth-order valence-electron chi connectivity index (χ4n) is 1.67. The Balaban J connectivity index is 2.14. The molecule has 0 aromatic heterocycles. The number of nitriles is 1. The van der Waals surface area contributed by atoms with Crippen molar-refractivity contribution in [2.75, 3.05) is 11.9 Å². The first-order valence-electron chi connectivity index (χ1n) is 5.96. The number of ether oxygens (including phenoxy) is 1. The predicted molar refractivity (Wildman–Crippen MR) is 71.9 cm³/mol. The number of nitrogens with zero attached hydrogens (tertiary/aromatic N) is 1. The molecule has 6 heteroatoms. The molecule has 0 radical (unpaired) electrons. The number of amides is 1. The van der Waals surface area contributed by atoms with Gasteiger partial charge in [-0.25, -0.2) is 8.78 Å². The standard InChI is InChI=1S/C15H10F2N2O2/c16-11-6-10(7-12(17)8-11)15(20)19-13-2-1-3-14(9-13)21-5-4-18/h1-3,6-9H,5H2,(H,19,20). The molecule has 1 amide bonds. The molecule has 0 bridgehead atoms. The molecule has 0 saturated carbocycles. The van der Waals surface area contributed by atoms with Gasteiger partial charge in [-0.3, -0.25) is 4.79 Å². The zero-order chi connectivity index (χ0) is 15.2. The minimum atomic E-state index is -0.828. The summed E-state index contributed by atoms with van der Waals surface area (Å²) in [4.78, 5) is 11.9. The zero-order valence-corrected chi connectivity index (χ0v) is 10.8. The Hall–Kier alpha value is -2.94. The van der Waals surface area contributed by atoms with E-state index in [1.54, 1.807) is 18.2 Å². The molecule has 0 aliphatic heterocycles. The summed E-state index contributed by atoms with van der Waals surface area (Å²) in [7, 11) is 0. The maximum atomic E-state index is 13.1. The molecule has 0 aliphatic carbocycles. The molecule has 21 heavy (non-hydrogen) atoms. The topological polar surface area (TPSA) is 62.1 Å². The van der Waals surface area contributed by atoms with Crippen molar-refractivity contribution in [3.8, 4) is 11.8 Å². The molecule has 0 atom stereocenters. The van der Waals surface area contributed by atoms with Gasteiger partial charge in [-0.1, -0.05) is 6.07 Å². The molecule has 0 aliphatic rings. The number of hydrogen-bond acceptors (Lipinski definition) is 3. The third-order valence-corrected chi connectivity index (χ3v) is 2.52. The van der Waals surface area contributed by atoms with E-state index in [-0.39, 0.29) is 12.2 Å². The van der Waals surface area contributed by atoms with E-state index in [0.29, 0.717) is 17.5 Å². The molecular formula is C15H10F2N2O2. The largest absolute Gasteiger partial charge is 0.479 e. The summed E-state index contributed by atoms with van der Waals surface area (Å²) in [5, 5.41) is 10.9. The SMILES string of the molecule is N#CCOc1cccc(NC(=O)c2cc(F)cc(F)c2)c1. The summed E-state index contributed by atoms with van der Waals surface area (Å²) in [5.74, 6) is -1.90. The fourth-order valence-corrected chi connectivity index (χ4v) is 1.67. The third-order valence-electron chi connectivity index (χ3n) is 2.52. The van der Waals surface area contributed by atoms with E-state index >= 15 is 0 Å². The van der Waals surface area contributed by atoms with Gasteiger partial charge >= 0.3 is 0 Å². The van der Waals surface area contributed by atoms with E-state index in [9.17, 15) is 13.6 Å². The molecule has 4 nitrogen and oxygen atoms in total.